The van der Waals surface area contributed by atoms with Crippen molar-refractivity contribution in [1.29, 1.82) is 0 Å². The van der Waals surface area contributed by atoms with Gasteiger partial charge < -0.3 is 28.4 Å². The quantitative estimate of drug-likeness (QED) is 0.163. The van der Waals surface area contributed by atoms with E-state index in [2.05, 4.69) is 38.7 Å². The van der Waals surface area contributed by atoms with Gasteiger partial charge in [0.15, 0.2) is 12.6 Å². The third-order valence-corrected chi connectivity index (χ3v) is 8.62. The second-order valence-corrected chi connectivity index (χ2v) is 17.7. The van der Waals surface area contributed by atoms with Gasteiger partial charge >= 0.3 is 5.97 Å². The minimum Gasteiger partial charge on any atom is -0.494 e. The van der Waals surface area contributed by atoms with Gasteiger partial charge in [0.05, 0.1) is 18.8 Å². The molecule has 2 aliphatic heterocycles. The van der Waals surface area contributed by atoms with E-state index in [0.29, 0.717) is 35.7 Å². The zero-order valence-corrected chi connectivity index (χ0v) is 25.5. The number of cyclic esters (lactones) is 1. The molecule has 8 heteroatoms. The van der Waals surface area contributed by atoms with Gasteiger partial charge in [0.1, 0.15) is 23.2 Å². The molecule has 1 saturated heterocycles. The molecule has 2 heterocycles. The number of carbonyl (C=O) groups excluding carboxylic acids is 1. The predicted octanol–water partition coefficient (Wildman–Crippen LogP) is 6.70. The maximum Gasteiger partial charge on any atom is 0.342 e. The molecule has 3 rings (SSSR count). The monoisotopic (exact) mass is 546 g/mol. The van der Waals surface area contributed by atoms with Gasteiger partial charge in [-0.3, -0.25) is 0 Å². The second kappa shape index (κ2) is 12.8. The Morgan fingerprint density at radius 1 is 1.03 bits per heavy atom. The Morgan fingerprint density at radius 2 is 1.74 bits per heavy atom. The number of fused-ring (bicyclic) bond motifs is 2. The molecule has 38 heavy (non-hydrogen) atoms. The molecule has 0 spiro atoms. The van der Waals surface area contributed by atoms with Crippen LogP contribution in [0.2, 0.25) is 25.7 Å². The van der Waals surface area contributed by atoms with Crippen LogP contribution in [0.1, 0.15) is 57.0 Å². The van der Waals surface area contributed by atoms with E-state index < -0.39 is 19.8 Å². The largest absolute Gasteiger partial charge is 0.494 e. The molecule has 0 N–H and O–H groups in total. The van der Waals surface area contributed by atoms with E-state index in [1.165, 1.54) is 0 Å². The van der Waals surface area contributed by atoms with Crippen LogP contribution in [0.15, 0.2) is 30.4 Å². The highest BCUT2D eigenvalue weighted by molar-refractivity contribution is 6.76. The number of esters is 1. The van der Waals surface area contributed by atoms with Crippen LogP contribution < -0.4 is 9.47 Å². The molecular weight excluding hydrogens is 500 g/mol. The molecular formula is C30H46O7Si. The lowest BCUT2D eigenvalue weighted by Gasteiger charge is -2.23. The minimum absolute atomic E-state index is 0.00160. The maximum atomic E-state index is 13.5. The zero-order valence-electron chi connectivity index (χ0n) is 24.5. The lowest BCUT2D eigenvalue weighted by Crippen LogP contribution is -2.29. The Kier molecular flexibility index (Phi) is 10.3. The van der Waals surface area contributed by atoms with Gasteiger partial charge in [-0.2, -0.15) is 0 Å². The molecule has 0 amide bonds. The van der Waals surface area contributed by atoms with Gasteiger partial charge in [0.2, 0.25) is 0 Å². The second-order valence-electron chi connectivity index (χ2n) is 12.1. The number of methoxy groups -OCH3 is 1. The van der Waals surface area contributed by atoms with Crippen molar-refractivity contribution in [3.8, 4) is 11.5 Å². The van der Waals surface area contributed by atoms with Crippen molar-refractivity contribution in [2.75, 3.05) is 20.5 Å². The average molecular weight is 547 g/mol. The third-order valence-electron chi connectivity index (χ3n) is 6.92. The first-order valence-corrected chi connectivity index (χ1v) is 17.3. The summed E-state index contributed by atoms with van der Waals surface area (Å²) in [7, 11) is 0.275. The van der Waals surface area contributed by atoms with Crippen molar-refractivity contribution in [2.24, 2.45) is 11.8 Å². The SMILES string of the molecule is COCOc1cc(OCC[Si](C)(C)C)cc2c1C(=O)OC(C)C(C)/C=C\C(C)C1OC(C)(C)OC1C/C=C/2. The average Bonchev–Trinajstić information content (AvgIpc) is 3.13. The fraction of sp³-hybridized carbons (Fsp3) is 0.633. The van der Waals surface area contributed by atoms with Crippen molar-refractivity contribution in [3.63, 3.8) is 0 Å². The van der Waals surface area contributed by atoms with Crippen LogP contribution in [0.4, 0.5) is 0 Å². The highest BCUT2D eigenvalue weighted by Crippen LogP contribution is 2.36. The first-order chi connectivity index (χ1) is 17.8. The molecule has 0 radical (unpaired) electrons. The van der Waals surface area contributed by atoms with E-state index in [1.54, 1.807) is 13.2 Å². The van der Waals surface area contributed by atoms with E-state index in [1.807, 2.05) is 45.9 Å². The maximum absolute atomic E-state index is 13.5. The summed E-state index contributed by atoms with van der Waals surface area (Å²) in [6, 6.07) is 4.66. The van der Waals surface area contributed by atoms with Crippen LogP contribution in [-0.4, -0.2) is 58.7 Å². The number of benzene rings is 1. The summed E-state index contributed by atoms with van der Waals surface area (Å²) < 4.78 is 35.6. The number of carbonyl (C=O) groups is 1. The summed E-state index contributed by atoms with van der Waals surface area (Å²) in [5.74, 6) is 0.0532. The summed E-state index contributed by atoms with van der Waals surface area (Å²) in [5, 5.41) is 0. The molecule has 0 saturated carbocycles. The van der Waals surface area contributed by atoms with Gasteiger partial charge in [-0.1, -0.05) is 57.8 Å². The van der Waals surface area contributed by atoms with Crippen molar-refractivity contribution < 1.29 is 33.2 Å². The highest BCUT2D eigenvalue weighted by Gasteiger charge is 2.42. The van der Waals surface area contributed by atoms with Crippen LogP contribution in [0.5, 0.6) is 11.5 Å². The molecule has 1 aromatic carbocycles. The molecule has 5 unspecified atom stereocenters. The minimum atomic E-state index is -1.27. The van der Waals surface area contributed by atoms with E-state index in [9.17, 15) is 4.79 Å². The van der Waals surface area contributed by atoms with Crippen molar-refractivity contribution in [3.05, 3.63) is 41.5 Å². The summed E-state index contributed by atoms with van der Waals surface area (Å²) >= 11 is 0. The summed E-state index contributed by atoms with van der Waals surface area (Å²) in [5.41, 5.74) is 1.02. The lowest BCUT2D eigenvalue weighted by molar-refractivity contribution is -0.148. The highest BCUT2D eigenvalue weighted by atomic mass is 28.3. The van der Waals surface area contributed by atoms with E-state index in [4.69, 9.17) is 28.4 Å². The molecule has 0 bridgehead atoms. The van der Waals surface area contributed by atoms with Crippen molar-refractivity contribution in [1.82, 2.24) is 0 Å². The summed E-state index contributed by atoms with van der Waals surface area (Å²) in [6.45, 7) is 17.5. The van der Waals surface area contributed by atoms with Crippen LogP contribution >= 0.6 is 0 Å². The molecule has 0 aromatic heterocycles. The molecule has 1 fully saturated rings. The van der Waals surface area contributed by atoms with Gasteiger partial charge in [-0.05, 0) is 44.9 Å². The fourth-order valence-electron chi connectivity index (χ4n) is 4.53. The van der Waals surface area contributed by atoms with Crippen molar-refractivity contribution in [2.45, 2.75) is 90.8 Å². The Bertz CT molecular complexity index is 1010. The number of ether oxygens (including phenoxy) is 6. The lowest BCUT2D eigenvalue weighted by atomic mass is 9.94. The molecule has 7 nitrogen and oxygen atoms in total. The standard InChI is InChI=1S/C30H46O7Si/c1-20-13-14-21(2)28-25(36-30(4,5)37-28)12-10-11-23-17-24(33-15-16-38(7,8)9)18-26(34-19-32-6)27(23)29(31)35-22(20)3/h10-11,13-14,17-18,20-22,25,28H,12,15-16,19H2,1-9H3/b11-10+,14-13-. The number of hydrogen-bond acceptors (Lipinski definition) is 7. The van der Waals surface area contributed by atoms with Gasteiger partial charge in [0.25, 0.3) is 0 Å². The zero-order chi connectivity index (χ0) is 28.1. The van der Waals surface area contributed by atoms with Crippen LogP contribution in [0.25, 0.3) is 6.08 Å². The first kappa shape index (κ1) is 30.4. The molecule has 1 aromatic rings. The van der Waals surface area contributed by atoms with Crippen LogP contribution in [-0.2, 0) is 18.9 Å². The van der Waals surface area contributed by atoms with Crippen LogP contribution in [0.3, 0.4) is 0 Å². The number of hydrogen-bond donors (Lipinski definition) is 0. The van der Waals surface area contributed by atoms with Gasteiger partial charge in [-0.25, -0.2) is 4.79 Å². The smallest absolute Gasteiger partial charge is 0.342 e. The number of rotatable bonds is 7. The van der Waals surface area contributed by atoms with E-state index in [-0.39, 0.29) is 36.9 Å². The molecule has 5 atom stereocenters. The predicted molar refractivity (Wildman–Crippen MR) is 152 cm³/mol. The Labute approximate surface area is 229 Å². The normalized spacial score (nSPS) is 29.4. The van der Waals surface area contributed by atoms with Gasteiger partial charge in [-0.15, -0.1) is 0 Å². The summed E-state index contributed by atoms with van der Waals surface area (Å²) in [4.78, 5) is 13.5. The molecule has 0 aliphatic carbocycles. The first-order valence-electron chi connectivity index (χ1n) is 13.6. The summed E-state index contributed by atoms with van der Waals surface area (Å²) in [6.07, 6.45) is 8.25. The molecule has 212 valence electrons. The Morgan fingerprint density at radius 3 is 2.42 bits per heavy atom. The van der Waals surface area contributed by atoms with Crippen LogP contribution in [0, 0.1) is 11.8 Å². The third kappa shape index (κ3) is 8.43. The van der Waals surface area contributed by atoms with E-state index in [0.717, 1.165) is 6.04 Å². The van der Waals surface area contributed by atoms with Gasteiger partial charge in [0, 0.05) is 33.1 Å². The topological polar surface area (TPSA) is 72.5 Å². The van der Waals surface area contributed by atoms with E-state index >= 15 is 0 Å². The van der Waals surface area contributed by atoms with Crippen molar-refractivity contribution >= 4 is 20.1 Å². The fourth-order valence-corrected chi connectivity index (χ4v) is 5.24. The molecule has 2 aliphatic rings. The Hall–Kier alpha value is -2.13. The Balaban J connectivity index is 2.03.